The van der Waals surface area contributed by atoms with Crippen LogP contribution in [0.25, 0.3) is 0 Å². The molecule has 0 spiro atoms. The molecule has 30 heavy (non-hydrogen) atoms. The van der Waals surface area contributed by atoms with Gasteiger partial charge in [-0.25, -0.2) is 5.01 Å². The minimum Gasteiger partial charge on any atom is -0.484 e. The number of nitrogens with zero attached hydrogens (tertiary/aromatic N) is 2. The van der Waals surface area contributed by atoms with Crippen molar-refractivity contribution in [3.8, 4) is 5.75 Å². The third-order valence-electron chi connectivity index (χ3n) is 4.72. The van der Waals surface area contributed by atoms with Gasteiger partial charge >= 0.3 is 0 Å². The average molecular weight is 424 g/mol. The number of hydrogen-bond donors (Lipinski definition) is 1. The summed E-state index contributed by atoms with van der Waals surface area (Å²) >= 11 is 5.97. The summed E-state index contributed by atoms with van der Waals surface area (Å²) in [6.07, 6.45) is 2.07. The smallest absolute Gasteiger partial charge is 0.281 e. The molecule has 4 rings (SSSR count). The third-order valence-corrected chi connectivity index (χ3v) is 4.97. The van der Waals surface area contributed by atoms with Crippen LogP contribution in [-0.2, 0) is 4.79 Å². The molecular formula is C22H18ClN3O4. The summed E-state index contributed by atoms with van der Waals surface area (Å²) in [4.78, 5) is 24.0. The Morgan fingerprint density at radius 2 is 1.87 bits per heavy atom. The van der Waals surface area contributed by atoms with Crippen molar-refractivity contribution in [3.63, 3.8) is 0 Å². The van der Waals surface area contributed by atoms with E-state index in [1.165, 1.54) is 5.01 Å². The maximum Gasteiger partial charge on any atom is 0.281 e. The van der Waals surface area contributed by atoms with Gasteiger partial charge in [-0.1, -0.05) is 23.7 Å². The van der Waals surface area contributed by atoms with Gasteiger partial charge in [0.2, 0.25) is 5.91 Å². The largest absolute Gasteiger partial charge is 0.484 e. The lowest BCUT2D eigenvalue weighted by Crippen LogP contribution is -2.31. The molecule has 1 aromatic heterocycles. The van der Waals surface area contributed by atoms with Crippen LogP contribution in [0.3, 0.4) is 0 Å². The van der Waals surface area contributed by atoms with Gasteiger partial charge in [-0.3, -0.25) is 9.59 Å². The first-order valence-corrected chi connectivity index (χ1v) is 9.60. The first kappa shape index (κ1) is 19.7. The zero-order valence-electron chi connectivity index (χ0n) is 15.8. The molecule has 1 aliphatic heterocycles. The fourth-order valence-electron chi connectivity index (χ4n) is 3.19. The minimum absolute atomic E-state index is 0.218. The van der Waals surface area contributed by atoms with Gasteiger partial charge in [0.1, 0.15) is 17.6 Å². The molecule has 152 valence electrons. The SMILES string of the molecule is NC(=O)c1ccc(OCC(=O)N2N=C(c3ccc(Cl)cc3)CC2c2ccco2)cc1. The Morgan fingerprint density at radius 1 is 1.13 bits per heavy atom. The standard InChI is InChI=1S/C22H18ClN3O4/c23-16-7-3-14(4-8-16)18-12-19(20-2-1-11-29-20)26(25-18)21(27)13-30-17-9-5-15(6-10-17)22(24)28/h1-11,19H,12-13H2,(H2,24,28). The van der Waals surface area contributed by atoms with Crippen LogP contribution >= 0.6 is 11.6 Å². The molecule has 8 heteroatoms. The topological polar surface area (TPSA) is 98.1 Å². The number of ether oxygens (including phenoxy) is 1. The van der Waals surface area contributed by atoms with Gasteiger partial charge in [0.15, 0.2) is 6.61 Å². The summed E-state index contributed by atoms with van der Waals surface area (Å²) < 4.78 is 11.1. The molecule has 2 N–H and O–H groups in total. The molecule has 2 aromatic carbocycles. The summed E-state index contributed by atoms with van der Waals surface area (Å²) in [6, 6.07) is 16.8. The van der Waals surface area contributed by atoms with Crippen LogP contribution in [0.4, 0.5) is 0 Å². The minimum atomic E-state index is -0.528. The Labute approximate surface area is 177 Å². The molecular weight excluding hydrogens is 406 g/mol. The van der Waals surface area contributed by atoms with Gasteiger partial charge in [0, 0.05) is 17.0 Å². The van der Waals surface area contributed by atoms with Crippen LogP contribution in [-0.4, -0.2) is 29.1 Å². The number of primary amides is 1. The molecule has 0 saturated heterocycles. The molecule has 1 aliphatic rings. The van der Waals surface area contributed by atoms with E-state index in [1.54, 1.807) is 48.7 Å². The van der Waals surface area contributed by atoms with Crippen molar-refractivity contribution < 1.29 is 18.7 Å². The molecule has 0 radical (unpaired) electrons. The number of rotatable bonds is 6. The number of amides is 2. The van der Waals surface area contributed by atoms with Gasteiger partial charge in [-0.2, -0.15) is 5.10 Å². The van der Waals surface area contributed by atoms with Crippen molar-refractivity contribution in [1.82, 2.24) is 5.01 Å². The molecule has 0 bridgehead atoms. The van der Waals surface area contributed by atoms with E-state index in [9.17, 15) is 9.59 Å². The molecule has 0 fully saturated rings. The van der Waals surface area contributed by atoms with E-state index in [-0.39, 0.29) is 18.6 Å². The van der Waals surface area contributed by atoms with Crippen LogP contribution < -0.4 is 10.5 Å². The Morgan fingerprint density at radius 3 is 2.50 bits per heavy atom. The molecule has 7 nitrogen and oxygen atoms in total. The predicted octanol–water partition coefficient (Wildman–Crippen LogP) is 3.79. The van der Waals surface area contributed by atoms with Gasteiger partial charge < -0.3 is 14.9 Å². The highest BCUT2D eigenvalue weighted by Crippen LogP contribution is 2.33. The highest BCUT2D eigenvalue weighted by atomic mass is 35.5. The first-order valence-electron chi connectivity index (χ1n) is 9.23. The van der Waals surface area contributed by atoms with E-state index in [0.29, 0.717) is 28.5 Å². The number of furan rings is 1. The summed E-state index contributed by atoms with van der Waals surface area (Å²) in [5, 5.41) is 6.55. The number of carbonyl (C=O) groups excluding carboxylic acids is 2. The van der Waals surface area contributed by atoms with Crippen LogP contribution in [0.2, 0.25) is 5.02 Å². The second-order valence-electron chi connectivity index (χ2n) is 6.70. The van der Waals surface area contributed by atoms with E-state index in [0.717, 1.165) is 11.3 Å². The lowest BCUT2D eigenvalue weighted by atomic mass is 10.0. The van der Waals surface area contributed by atoms with Crippen molar-refractivity contribution >= 4 is 29.1 Å². The maximum absolute atomic E-state index is 12.9. The highest BCUT2D eigenvalue weighted by Gasteiger charge is 2.35. The van der Waals surface area contributed by atoms with Gasteiger partial charge in [-0.05, 0) is 54.1 Å². The van der Waals surface area contributed by atoms with Crippen molar-refractivity contribution in [2.45, 2.75) is 12.5 Å². The number of carbonyl (C=O) groups is 2. The molecule has 2 heterocycles. The van der Waals surface area contributed by atoms with E-state index >= 15 is 0 Å². The summed E-state index contributed by atoms with van der Waals surface area (Å²) in [6.45, 7) is -0.218. The fraction of sp³-hybridized carbons (Fsp3) is 0.136. The molecule has 0 saturated carbocycles. The Kier molecular flexibility index (Phi) is 5.54. The normalized spacial score (nSPS) is 15.7. The molecule has 1 unspecified atom stereocenters. The van der Waals surface area contributed by atoms with Crippen LogP contribution in [0.1, 0.15) is 34.1 Å². The lowest BCUT2D eigenvalue weighted by molar-refractivity contribution is -0.135. The zero-order valence-corrected chi connectivity index (χ0v) is 16.6. The number of hydrogen-bond acceptors (Lipinski definition) is 5. The first-order chi connectivity index (χ1) is 14.5. The van der Waals surface area contributed by atoms with Crippen molar-refractivity contribution in [2.24, 2.45) is 10.8 Å². The molecule has 2 amide bonds. The summed E-state index contributed by atoms with van der Waals surface area (Å²) in [5.41, 5.74) is 7.23. The Balaban J connectivity index is 1.51. The lowest BCUT2D eigenvalue weighted by Gasteiger charge is -2.20. The predicted molar refractivity (Wildman–Crippen MR) is 111 cm³/mol. The van der Waals surface area contributed by atoms with E-state index in [4.69, 9.17) is 26.5 Å². The molecule has 3 aromatic rings. The monoisotopic (exact) mass is 423 g/mol. The second-order valence-corrected chi connectivity index (χ2v) is 7.14. The number of hydrazone groups is 1. The van der Waals surface area contributed by atoms with Crippen molar-refractivity contribution in [3.05, 3.63) is 88.8 Å². The van der Waals surface area contributed by atoms with Gasteiger partial charge in [-0.15, -0.1) is 0 Å². The third kappa shape index (κ3) is 4.21. The number of halogens is 1. The summed E-state index contributed by atoms with van der Waals surface area (Å²) in [5.74, 6) is 0.241. The summed E-state index contributed by atoms with van der Waals surface area (Å²) in [7, 11) is 0. The quantitative estimate of drug-likeness (QED) is 0.652. The molecule has 0 aliphatic carbocycles. The van der Waals surface area contributed by atoms with E-state index < -0.39 is 5.91 Å². The van der Waals surface area contributed by atoms with Crippen molar-refractivity contribution in [2.75, 3.05) is 6.61 Å². The maximum atomic E-state index is 12.9. The highest BCUT2D eigenvalue weighted by molar-refractivity contribution is 6.30. The fourth-order valence-corrected chi connectivity index (χ4v) is 3.31. The van der Waals surface area contributed by atoms with E-state index in [2.05, 4.69) is 5.10 Å². The zero-order chi connectivity index (χ0) is 21.1. The van der Waals surface area contributed by atoms with Crippen LogP contribution in [0, 0.1) is 0 Å². The Bertz CT molecular complexity index is 1080. The number of benzene rings is 2. The van der Waals surface area contributed by atoms with Gasteiger partial charge in [0.05, 0.1) is 12.0 Å². The van der Waals surface area contributed by atoms with Crippen LogP contribution in [0.5, 0.6) is 5.75 Å². The van der Waals surface area contributed by atoms with Crippen molar-refractivity contribution in [1.29, 1.82) is 0 Å². The molecule has 1 atom stereocenters. The number of nitrogens with two attached hydrogens (primary N) is 1. The second kappa shape index (κ2) is 8.42. The van der Waals surface area contributed by atoms with E-state index in [1.807, 2.05) is 18.2 Å². The van der Waals surface area contributed by atoms with Crippen LogP contribution in [0.15, 0.2) is 76.4 Å². The average Bonchev–Trinajstić information content (AvgIpc) is 3.43. The Hall–Kier alpha value is -3.58. The van der Waals surface area contributed by atoms with Gasteiger partial charge in [0.25, 0.3) is 5.91 Å².